The van der Waals surface area contributed by atoms with Crippen LogP contribution in [-0.2, 0) is 0 Å². The molecule has 2 aromatic rings. The van der Waals surface area contributed by atoms with Gasteiger partial charge >= 0.3 is 0 Å². The third-order valence-electron chi connectivity index (χ3n) is 3.17. The van der Waals surface area contributed by atoms with Crippen LogP contribution < -0.4 is 5.32 Å². The van der Waals surface area contributed by atoms with E-state index < -0.39 is 0 Å². The summed E-state index contributed by atoms with van der Waals surface area (Å²) in [4.78, 5) is 16.5. The molecule has 2 rings (SSSR count). The Morgan fingerprint density at radius 2 is 2.00 bits per heavy atom. The van der Waals surface area contributed by atoms with E-state index in [-0.39, 0.29) is 18.0 Å². The molecule has 0 radical (unpaired) electrons. The Hall–Kier alpha value is -2.17. The summed E-state index contributed by atoms with van der Waals surface area (Å²) in [5, 5.41) is 7.15. The van der Waals surface area contributed by atoms with Crippen LogP contribution in [0.15, 0.2) is 30.6 Å². The summed E-state index contributed by atoms with van der Waals surface area (Å²) in [7, 11) is 0. The van der Waals surface area contributed by atoms with Gasteiger partial charge in [0.05, 0.1) is 6.04 Å². The highest BCUT2D eigenvalue weighted by atomic mass is 16.2. The zero-order chi connectivity index (χ0) is 14.7. The van der Waals surface area contributed by atoms with Crippen LogP contribution in [-0.4, -0.2) is 20.7 Å². The fraction of sp³-hybridized carbons (Fsp3) is 0.400. The lowest BCUT2D eigenvalue weighted by atomic mass is 10.1. The van der Waals surface area contributed by atoms with E-state index in [9.17, 15) is 4.79 Å². The molecular weight excluding hydrogens is 252 g/mol. The Kier molecular flexibility index (Phi) is 4.17. The number of aryl methyl sites for hydroxylation is 1. The van der Waals surface area contributed by atoms with Crippen molar-refractivity contribution in [2.75, 3.05) is 0 Å². The fourth-order valence-electron chi connectivity index (χ4n) is 1.99. The molecule has 106 valence electrons. The number of amides is 1. The quantitative estimate of drug-likeness (QED) is 0.930. The predicted octanol–water partition coefficient (Wildman–Crippen LogP) is 2.66. The Bertz CT molecular complexity index is 586. The first-order chi connectivity index (χ1) is 9.49. The van der Waals surface area contributed by atoms with Gasteiger partial charge in [-0.2, -0.15) is 5.10 Å². The van der Waals surface area contributed by atoms with Crippen molar-refractivity contribution >= 4 is 5.91 Å². The number of hydrogen-bond donors (Lipinski definition) is 1. The molecule has 2 heterocycles. The second-order valence-electron chi connectivity index (χ2n) is 5.18. The number of hydrogen-bond acceptors (Lipinski definition) is 3. The van der Waals surface area contributed by atoms with Gasteiger partial charge in [0.2, 0.25) is 0 Å². The maximum atomic E-state index is 12.3. The summed E-state index contributed by atoms with van der Waals surface area (Å²) in [5.41, 5.74) is 2.52. The molecule has 0 saturated carbocycles. The van der Waals surface area contributed by atoms with Gasteiger partial charge in [0.25, 0.3) is 5.91 Å². The molecule has 0 aliphatic rings. The highest BCUT2D eigenvalue weighted by molar-refractivity contribution is 5.92. The Balaban J connectivity index is 2.11. The largest absolute Gasteiger partial charge is 0.344 e. The van der Waals surface area contributed by atoms with Crippen LogP contribution >= 0.6 is 0 Å². The van der Waals surface area contributed by atoms with E-state index in [1.165, 1.54) is 0 Å². The zero-order valence-corrected chi connectivity index (χ0v) is 12.3. The van der Waals surface area contributed by atoms with E-state index in [1.807, 2.05) is 39.8 Å². The van der Waals surface area contributed by atoms with E-state index in [2.05, 4.69) is 15.4 Å². The van der Waals surface area contributed by atoms with Crippen molar-refractivity contribution in [1.29, 1.82) is 0 Å². The van der Waals surface area contributed by atoms with Crippen molar-refractivity contribution in [3.05, 3.63) is 47.5 Å². The Morgan fingerprint density at radius 1 is 1.25 bits per heavy atom. The molecule has 0 bridgehead atoms. The van der Waals surface area contributed by atoms with Crippen LogP contribution in [0.2, 0.25) is 0 Å². The number of carbonyl (C=O) groups excluding carboxylic acids is 1. The van der Waals surface area contributed by atoms with E-state index in [1.54, 1.807) is 23.1 Å². The number of pyridine rings is 1. The molecule has 0 saturated heterocycles. The molecule has 1 N–H and O–H groups in total. The average Bonchev–Trinajstić information content (AvgIpc) is 2.88. The van der Waals surface area contributed by atoms with E-state index in [4.69, 9.17) is 0 Å². The van der Waals surface area contributed by atoms with Gasteiger partial charge in [-0.05, 0) is 45.4 Å². The van der Waals surface area contributed by atoms with Crippen LogP contribution in [0.4, 0.5) is 0 Å². The second kappa shape index (κ2) is 5.86. The topological polar surface area (TPSA) is 59.8 Å². The van der Waals surface area contributed by atoms with E-state index in [0.717, 1.165) is 11.3 Å². The van der Waals surface area contributed by atoms with Crippen molar-refractivity contribution in [3.63, 3.8) is 0 Å². The van der Waals surface area contributed by atoms with Gasteiger partial charge in [0, 0.05) is 24.1 Å². The molecule has 1 amide bonds. The van der Waals surface area contributed by atoms with Crippen molar-refractivity contribution in [2.24, 2.45) is 0 Å². The summed E-state index contributed by atoms with van der Waals surface area (Å²) in [5.74, 6) is -0.121. The van der Waals surface area contributed by atoms with E-state index in [0.29, 0.717) is 5.69 Å². The minimum Gasteiger partial charge on any atom is -0.344 e. The summed E-state index contributed by atoms with van der Waals surface area (Å²) >= 11 is 0. The molecule has 5 nitrogen and oxygen atoms in total. The molecule has 5 heteroatoms. The lowest BCUT2D eigenvalue weighted by Gasteiger charge is -2.16. The minimum atomic E-state index is -0.121. The third-order valence-corrected chi connectivity index (χ3v) is 3.17. The van der Waals surface area contributed by atoms with Gasteiger partial charge in [-0.1, -0.05) is 6.07 Å². The fourth-order valence-corrected chi connectivity index (χ4v) is 1.99. The van der Waals surface area contributed by atoms with Gasteiger partial charge in [-0.15, -0.1) is 0 Å². The number of nitrogens with zero attached hydrogens (tertiary/aromatic N) is 3. The van der Waals surface area contributed by atoms with Crippen molar-refractivity contribution in [1.82, 2.24) is 20.1 Å². The lowest BCUT2D eigenvalue weighted by molar-refractivity contribution is 0.0927. The standard InChI is InChI=1S/C15H20N4O/c1-10(2)19-14(7-8-17-19)15(20)18-12(4)13-6-5-11(3)16-9-13/h5-10,12H,1-4H3,(H,18,20)/t12-/m0/s1. The van der Waals surface area contributed by atoms with Gasteiger partial charge < -0.3 is 5.32 Å². The summed E-state index contributed by atoms with van der Waals surface area (Å²) in [6, 6.07) is 5.71. The SMILES string of the molecule is Cc1ccc([C@H](C)NC(=O)c2ccnn2C(C)C)cn1. The van der Waals surface area contributed by atoms with Crippen molar-refractivity contribution in [2.45, 2.75) is 39.8 Å². The molecule has 20 heavy (non-hydrogen) atoms. The van der Waals surface area contributed by atoms with Gasteiger partial charge in [0.1, 0.15) is 5.69 Å². The average molecular weight is 272 g/mol. The van der Waals surface area contributed by atoms with Crippen LogP contribution in [0.3, 0.4) is 0 Å². The van der Waals surface area contributed by atoms with Crippen molar-refractivity contribution in [3.8, 4) is 0 Å². The molecule has 2 aromatic heterocycles. The summed E-state index contributed by atoms with van der Waals surface area (Å²) in [6.45, 7) is 7.88. The first-order valence-corrected chi connectivity index (χ1v) is 6.76. The molecule has 1 atom stereocenters. The normalized spacial score (nSPS) is 12.4. The maximum absolute atomic E-state index is 12.3. The molecule has 0 aliphatic carbocycles. The van der Waals surface area contributed by atoms with Crippen molar-refractivity contribution < 1.29 is 4.79 Å². The number of rotatable bonds is 4. The first-order valence-electron chi connectivity index (χ1n) is 6.76. The number of aromatic nitrogens is 3. The van der Waals surface area contributed by atoms with Crippen LogP contribution in [0.1, 0.15) is 54.6 Å². The maximum Gasteiger partial charge on any atom is 0.270 e. The molecule has 0 aliphatic heterocycles. The molecular formula is C15H20N4O. The summed E-state index contributed by atoms with van der Waals surface area (Å²) in [6.07, 6.45) is 3.44. The smallest absolute Gasteiger partial charge is 0.270 e. The lowest BCUT2D eigenvalue weighted by Crippen LogP contribution is -2.29. The molecule has 0 fully saturated rings. The number of nitrogens with one attached hydrogen (secondary N) is 1. The van der Waals surface area contributed by atoms with Crippen LogP contribution in [0.25, 0.3) is 0 Å². The minimum absolute atomic E-state index is 0.0916. The Morgan fingerprint density at radius 3 is 2.60 bits per heavy atom. The van der Waals surface area contributed by atoms with E-state index >= 15 is 0 Å². The van der Waals surface area contributed by atoms with Crippen LogP contribution in [0, 0.1) is 6.92 Å². The molecule has 0 unspecified atom stereocenters. The highest BCUT2D eigenvalue weighted by Crippen LogP contribution is 2.13. The second-order valence-corrected chi connectivity index (χ2v) is 5.18. The van der Waals surface area contributed by atoms with Gasteiger partial charge in [-0.25, -0.2) is 0 Å². The predicted molar refractivity (Wildman–Crippen MR) is 77.5 cm³/mol. The summed E-state index contributed by atoms with van der Waals surface area (Å²) < 4.78 is 1.72. The van der Waals surface area contributed by atoms with Crippen LogP contribution in [0.5, 0.6) is 0 Å². The Labute approximate surface area is 119 Å². The van der Waals surface area contributed by atoms with Gasteiger partial charge in [0.15, 0.2) is 0 Å². The highest BCUT2D eigenvalue weighted by Gasteiger charge is 2.16. The number of carbonyl (C=O) groups is 1. The monoisotopic (exact) mass is 272 g/mol. The zero-order valence-electron chi connectivity index (χ0n) is 12.3. The van der Waals surface area contributed by atoms with Gasteiger partial charge in [-0.3, -0.25) is 14.5 Å². The molecule has 0 aromatic carbocycles. The first kappa shape index (κ1) is 14.2. The third kappa shape index (κ3) is 3.04. The molecule has 0 spiro atoms.